The third-order valence-electron chi connectivity index (χ3n) is 1.94. The molecule has 2 rings (SSSR count). The summed E-state index contributed by atoms with van der Waals surface area (Å²) in [6, 6.07) is 3.40. The fraction of sp³-hybridized carbons (Fsp3) is 0.167. The van der Waals surface area contributed by atoms with Crippen LogP contribution in [0.25, 0.3) is 0 Å². The summed E-state index contributed by atoms with van der Waals surface area (Å²) < 4.78 is 16.9. The summed E-state index contributed by atoms with van der Waals surface area (Å²) >= 11 is -1.62. The van der Waals surface area contributed by atoms with Crippen LogP contribution in [0.1, 0.15) is 12.0 Å². The number of amides is 1. The van der Waals surface area contributed by atoms with Gasteiger partial charge in [0.2, 0.25) is 11.5 Å². The van der Waals surface area contributed by atoms with E-state index in [1.54, 1.807) is 12.3 Å². The molecule has 106 valence electrons. The van der Waals surface area contributed by atoms with E-state index in [0.717, 1.165) is 5.56 Å². The van der Waals surface area contributed by atoms with Crippen molar-refractivity contribution >= 4 is 33.2 Å². The minimum atomic E-state index is -1.62. The number of H-pyrrole nitrogens is 1. The number of carbonyl (C=O) groups is 2. The molecule has 1 N–H and O–H groups in total. The van der Waals surface area contributed by atoms with Gasteiger partial charge in [-0.05, 0) is 24.6 Å². The molecule has 8 heteroatoms. The van der Waals surface area contributed by atoms with Crippen molar-refractivity contribution in [2.24, 2.45) is 4.99 Å². The molecule has 0 saturated heterocycles. The number of aldehydes is 1. The second kappa shape index (κ2) is 10.7. The number of pyridine rings is 1. The van der Waals surface area contributed by atoms with Crippen LogP contribution in [0.15, 0.2) is 39.8 Å². The van der Waals surface area contributed by atoms with Gasteiger partial charge in [0.05, 0.1) is 6.42 Å². The molecule has 2 heterocycles. The van der Waals surface area contributed by atoms with Gasteiger partial charge in [-0.25, -0.2) is 4.99 Å². The Hall–Kier alpha value is -2.18. The van der Waals surface area contributed by atoms with E-state index < -0.39 is 14.8 Å². The monoisotopic (exact) mass is 344 g/mol. The summed E-state index contributed by atoms with van der Waals surface area (Å²) in [4.78, 5) is 36.8. The van der Waals surface area contributed by atoms with Crippen molar-refractivity contribution in [2.75, 3.05) is 0 Å². The molecule has 7 nitrogen and oxygen atoms in total. The molecular weight excluding hydrogens is 331 g/mol. The third-order valence-corrected chi connectivity index (χ3v) is 1.94. The molecular formula is C12H12N2O5Se. The van der Waals surface area contributed by atoms with Crippen LogP contribution in [0, 0.1) is 6.92 Å². The van der Waals surface area contributed by atoms with Crippen LogP contribution in [0.2, 0.25) is 0 Å². The molecule has 0 atom stereocenters. The van der Waals surface area contributed by atoms with Gasteiger partial charge >= 0.3 is 22.5 Å². The van der Waals surface area contributed by atoms with Gasteiger partial charge in [-0.1, -0.05) is 0 Å². The number of aliphatic imine (C=N–C) groups is 1. The fourth-order valence-electron chi connectivity index (χ4n) is 1.13. The summed E-state index contributed by atoms with van der Waals surface area (Å²) in [5.74, 6) is -0.250. The van der Waals surface area contributed by atoms with Crippen LogP contribution in [0.4, 0.5) is 0 Å². The van der Waals surface area contributed by atoms with E-state index in [1.165, 1.54) is 12.3 Å². The van der Waals surface area contributed by atoms with Crippen LogP contribution in [0.3, 0.4) is 0 Å². The molecule has 1 aliphatic heterocycles. The molecule has 1 aromatic rings. The van der Waals surface area contributed by atoms with Crippen LogP contribution in [-0.2, 0) is 17.3 Å². The van der Waals surface area contributed by atoms with Crippen molar-refractivity contribution in [3.63, 3.8) is 0 Å². The number of aryl methyl sites for hydroxylation is 1. The average Bonchev–Trinajstić information content (AvgIpc) is 2.40. The van der Waals surface area contributed by atoms with Crippen LogP contribution in [0.5, 0.6) is 0 Å². The number of rotatable bonds is 1. The summed E-state index contributed by atoms with van der Waals surface area (Å²) in [5.41, 5.74) is 1.45. The first-order chi connectivity index (χ1) is 9.53. The summed E-state index contributed by atoms with van der Waals surface area (Å²) in [6.07, 6.45) is 5.34. The van der Waals surface area contributed by atoms with E-state index in [9.17, 15) is 14.4 Å². The van der Waals surface area contributed by atoms with E-state index in [0.29, 0.717) is 11.9 Å². The first-order valence-corrected chi connectivity index (χ1v) is 6.71. The fourth-order valence-corrected chi connectivity index (χ4v) is 1.13. The minimum absolute atomic E-state index is 0.0370. The number of carbonyl (C=O) groups excluding carboxylic acids is 2. The topological polar surface area (TPSA) is 114 Å². The molecule has 0 bridgehead atoms. The molecule has 0 unspecified atom stereocenters. The molecule has 1 amide bonds. The number of nitrogens with one attached hydrogen (secondary N) is 1. The Bertz CT molecular complexity index is 612. The maximum atomic E-state index is 10.4. The Balaban J connectivity index is 0.000000304. The second-order valence-corrected chi connectivity index (χ2v) is 3.79. The maximum absolute atomic E-state index is 10.4. The second-order valence-electron chi connectivity index (χ2n) is 3.51. The Morgan fingerprint density at radius 2 is 2.00 bits per heavy atom. The molecule has 0 saturated carbocycles. The van der Waals surface area contributed by atoms with Crippen molar-refractivity contribution in [2.45, 2.75) is 13.3 Å². The standard InChI is InChI=1S/C6H5NO2.C6H7NO.O2Se/c8-4-5-1-2-7-6(9)3-5;1-5-2-3-7-6(8)4-5;1-3-2/h1-2,4H,3H2;2-4H,1H3,(H,7,8);. The van der Waals surface area contributed by atoms with Gasteiger partial charge in [-0.15, -0.1) is 0 Å². The number of aromatic nitrogens is 1. The molecule has 0 spiro atoms. The van der Waals surface area contributed by atoms with Crippen LogP contribution in [-0.4, -0.2) is 38.2 Å². The number of allylic oxidation sites excluding steroid dienone is 1. The zero-order valence-corrected chi connectivity index (χ0v) is 12.3. The van der Waals surface area contributed by atoms with E-state index in [4.69, 9.17) is 7.67 Å². The molecule has 0 radical (unpaired) electrons. The van der Waals surface area contributed by atoms with E-state index in [-0.39, 0.29) is 17.9 Å². The summed E-state index contributed by atoms with van der Waals surface area (Å²) in [6.45, 7) is 1.88. The van der Waals surface area contributed by atoms with Crippen molar-refractivity contribution in [1.29, 1.82) is 0 Å². The molecule has 0 aliphatic carbocycles. The number of hydrogen-bond acceptors (Lipinski definition) is 5. The number of nitrogens with zero attached hydrogens (tertiary/aromatic N) is 1. The Morgan fingerprint density at radius 3 is 2.35 bits per heavy atom. The Morgan fingerprint density at radius 1 is 1.35 bits per heavy atom. The molecule has 20 heavy (non-hydrogen) atoms. The number of aromatic amines is 1. The quantitative estimate of drug-likeness (QED) is 0.577. The first-order valence-electron chi connectivity index (χ1n) is 5.31. The van der Waals surface area contributed by atoms with Gasteiger partial charge in [0.1, 0.15) is 6.29 Å². The van der Waals surface area contributed by atoms with Crippen molar-refractivity contribution in [3.8, 4) is 0 Å². The van der Waals surface area contributed by atoms with Crippen LogP contribution < -0.4 is 5.56 Å². The summed E-state index contributed by atoms with van der Waals surface area (Å²) in [7, 11) is 0. The SMILES string of the molecule is Cc1cc[nH]c(=O)c1.O=CC1=CC=NC(=O)C1.O=[Se]=O. The van der Waals surface area contributed by atoms with E-state index in [2.05, 4.69) is 9.98 Å². The molecule has 1 aromatic heterocycles. The van der Waals surface area contributed by atoms with Crippen molar-refractivity contribution < 1.29 is 17.3 Å². The van der Waals surface area contributed by atoms with Gasteiger partial charge in [-0.3, -0.25) is 14.4 Å². The Labute approximate surface area is 120 Å². The first kappa shape index (κ1) is 17.8. The van der Waals surface area contributed by atoms with Gasteiger partial charge in [0.15, 0.2) is 0 Å². The normalized spacial score (nSPS) is 12.1. The Kier molecular flexibility index (Phi) is 9.55. The van der Waals surface area contributed by atoms with E-state index >= 15 is 0 Å². The van der Waals surface area contributed by atoms with Gasteiger partial charge in [0, 0.05) is 24.1 Å². The zero-order valence-electron chi connectivity index (χ0n) is 10.6. The third kappa shape index (κ3) is 8.84. The molecule has 1 aliphatic rings. The summed E-state index contributed by atoms with van der Waals surface area (Å²) in [5, 5.41) is 0. The van der Waals surface area contributed by atoms with Crippen LogP contribution >= 0.6 is 0 Å². The van der Waals surface area contributed by atoms with Gasteiger partial charge < -0.3 is 4.98 Å². The predicted molar refractivity (Wildman–Crippen MR) is 71.2 cm³/mol. The van der Waals surface area contributed by atoms with Crippen molar-refractivity contribution in [1.82, 2.24) is 4.98 Å². The molecule has 0 fully saturated rings. The predicted octanol–water partition coefficient (Wildman–Crippen LogP) is 0.178. The molecule has 0 aromatic carbocycles. The van der Waals surface area contributed by atoms with E-state index in [1.807, 2.05) is 13.0 Å². The zero-order chi connectivity index (χ0) is 15.4. The van der Waals surface area contributed by atoms with Gasteiger partial charge in [-0.2, -0.15) is 0 Å². The number of hydrogen-bond donors (Lipinski definition) is 1. The average molecular weight is 343 g/mol. The van der Waals surface area contributed by atoms with Crippen molar-refractivity contribution in [3.05, 3.63) is 45.9 Å². The van der Waals surface area contributed by atoms with Gasteiger partial charge in [0.25, 0.3) is 0 Å². The number of dihydropyridines is 1.